The van der Waals surface area contributed by atoms with Crippen LogP contribution in [0.2, 0.25) is 0 Å². The van der Waals surface area contributed by atoms with Gasteiger partial charge in [0.25, 0.3) is 0 Å². The number of carbonyl (C=O) groups is 1. The van der Waals surface area contributed by atoms with Crippen LogP contribution >= 0.6 is 32.9 Å². The maximum absolute atomic E-state index is 11.2. The first kappa shape index (κ1) is 11.4. The second kappa shape index (κ2) is 4.86. The largest absolute Gasteiger partial charge is 0.465 e. The summed E-state index contributed by atoms with van der Waals surface area (Å²) in [5.41, 5.74) is 2.65. The van der Waals surface area contributed by atoms with Crippen LogP contribution in [0.5, 0.6) is 0 Å². The van der Waals surface area contributed by atoms with Crippen LogP contribution in [0.4, 0.5) is 0 Å². The minimum Gasteiger partial charge on any atom is -0.465 e. The lowest BCUT2D eigenvalue weighted by atomic mass is 10.1. The quantitative estimate of drug-likeness (QED) is 0.468. The van der Waals surface area contributed by atoms with Crippen molar-refractivity contribution in [2.75, 3.05) is 7.11 Å². The zero-order chi connectivity index (χ0) is 11.5. The molecule has 0 bridgehead atoms. The maximum atomic E-state index is 11.2. The van der Waals surface area contributed by atoms with Crippen LogP contribution in [0.3, 0.4) is 0 Å². The van der Waals surface area contributed by atoms with E-state index in [1.165, 1.54) is 7.11 Å². The van der Waals surface area contributed by atoms with Crippen LogP contribution in [-0.2, 0) is 4.74 Å². The molecule has 1 aromatic heterocycles. The predicted molar refractivity (Wildman–Crippen MR) is 69.8 cm³/mol. The molecule has 2 nitrogen and oxygen atoms in total. The van der Waals surface area contributed by atoms with Crippen LogP contribution in [-0.4, -0.2) is 13.1 Å². The van der Waals surface area contributed by atoms with Gasteiger partial charge in [-0.2, -0.15) is 0 Å². The molecule has 2 rings (SSSR count). The van der Waals surface area contributed by atoms with E-state index in [4.69, 9.17) is 12.2 Å². The van der Waals surface area contributed by atoms with E-state index in [-0.39, 0.29) is 5.97 Å². The Morgan fingerprint density at radius 1 is 1.31 bits per heavy atom. The Hall–Kier alpha value is -1.04. The molecule has 0 aliphatic heterocycles. The van der Waals surface area contributed by atoms with Gasteiger partial charge in [0, 0.05) is 10.9 Å². The minimum absolute atomic E-state index is 0.321. The van der Waals surface area contributed by atoms with Crippen LogP contribution in [0.1, 0.15) is 10.4 Å². The highest BCUT2D eigenvalue weighted by molar-refractivity contribution is 7.79. The molecule has 0 saturated carbocycles. The molecule has 1 heterocycles. The highest BCUT2D eigenvalue weighted by Crippen LogP contribution is 2.28. The van der Waals surface area contributed by atoms with E-state index in [2.05, 4.69) is 4.74 Å². The van der Waals surface area contributed by atoms with Crippen LogP contribution in [0.25, 0.3) is 11.1 Å². The average Bonchev–Trinajstić information content (AvgIpc) is 2.75. The Balaban J connectivity index is 2.37. The third kappa shape index (κ3) is 2.21. The zero-order valence-corrected chi connectivity index (χ0v) is 10.9. The second-order valence-corrected chi connectivity index (χ2v) is 5.81. The fourth-order valence-corrected chi connectivity index (χ4v) is 3.69. The molecule has 82 valence electrons. The molecule has 2 aromatic rings. The van der Waals surface area contributed by atoms with Gasteiger partial charge < -0.3 is 4.74 Å². The molecule has 0 fully saturated rings. The average molecular weight is 268 g/mol. The Morgan fingerprint density at radius 3 is 2.50 bits per heavy atom. The van der Waals surface area contributed by atoms with Gasteiger partial charge in [-0.15, -0.1) is 0 Å². The van der Waals surface area contributed by atoms with Crippen molar-refractivity contribution in [2.24, 2.45) is 0 Å². The van der Waals surface area contributed by atoms with Crippen LogP contribution in [0, 0.1) is 3.82 Å². The van der Waals surface area contributed by atoms with Crippen molar-refractivity contribution in [3.05, 3.63) is 39.0 Å². The standard InChI is InChI=1S/C11H8O2S3/c1-13-10(12)8-4-2-7(3-5-8)9-6-15-16-11(9)14/h2-6H,1H3. The monoisotopic (exact) mass is 268 g/mol. The SMILES string of the molecule is COC(=O)c1ccc(-c2cssc2=S)cc1. The summed E-state index contributed by atoms with van der Waals surface area (Å²) < 4.78 is 5.52. The van der Waals surface area contributed by atoms with Gasteiger partial charge in [0.05, 0.1) is 12.7 Å². The summed E-state index contributed by atoms with van der Waals surface area (Å²) in [7, 11) is 4.57. The third-order valence-electron chi connectivity index (χ3n) is 2.13. The number of esters is 1. The van der Waals surface area contributed by atoms with E-state index in [9.17, 15) is 4.79 Å². The molecule has 0 spiro atoms. The van der Waals surface area contributed by atoms with E-state index in [0.29, 0.717) is 5.56 Å². The lowest BCUT2D eigenvalue weighted by Crippen LogP contribution is -2.00. The lowest BCUT2D eigenvalue weighted by molar-refractivity contribution is 0.0601. The van der Waals surface area contributed by atoms with Crippen molar-refractivity contribution in [3.8, 4) is 11.1 Å². The smallest absolute Gasteiger partial charge is 0.337 e. The van der Waals surface area contributed by atoms with E-state index in [1.54, 1.807) is 32.8 Å². The van der Waals surface area contributed by atoms with Gasteiger partial charge in [0.2, 0.25) is 0 Å². The summed E-state index contributed by atoms with van der Waals surface area (Å²) in [6.45, 7) is 0. The summed E-state index contributed by atoms with van der Waals surface area (Å²) >= 11 is 5.21. The molecule has 0 N–H and O–H groups in total. The Labute approximate surface area is 106 Å². The van der Waals surface area contributed by atoms with E-state index in [0.717, 1.165) is 15.0 Å². The fraction of sp³-hybridized carbons (Fsp3) is 0.0909. The first-order valence-electron chi connectivity index (χ1n) is 4.49. The zero-order valence-electron chi connectivity index (χ0n) is 8.43. The molecule has 0 aliphatic carbocycles. The fourth-order valence-electron chi connectivity index (χ4n) is 1.30. The van der Waals surface area contributed by atoms with Gasteiger partial charge in [-0.25, -0.2) is 4.79 Å². The number of hydrogen-bond acceptors (Lipinski definition) is 5. The molecule has 0 radical (unpaired) electrons. The topological polar surface area (TPSA) is 26.3 Å². The maximum Gasteiger partial charge on any atom is 0.337 e. The molecular formula is C11H8O2S3. The summed E-state index contributed by atoms with van der Waals surface area (Å²) in [5.74, 6) is -0.321. The van der Waals surface area contributed by atoms with E-state index in [1.807, 2.05) is 17.5 Å². The van der Waals surface area contributed by atoms with Crippen molar-refractivity contribution in [1.82, 2.24) is 0 Å². The third-order valence-corrected chi connectivity index (χ3v) is 4.79. The highest BCUT2D eigenvalue weighted by Gasteiger charge is 2.06. The van der Waals surface area contributed by atoms with Crippen LogP contribution < -0.4 is 0 Å². The summed E-state index contributed by atoms with van der Waals surface area (Å²) in [4.78, 5) is 11.2. The predicted octanol–water partition coefficient (Wildman–Crippen LogP) is 3.99. The second-order valence-electron chi connectivity index (χ2n) is 3.07. The number of methoxy groups -OCH3 is 1. The van der Waals surface area contributed by atoms with Gasteiger partial charge in [-0.05, 0) is 17.7 Å². The molecule has 1 aromatic carbocycles. The van der Waals surface area contributed by atoms with E-state index >= 15 is 0 Å². The number of ether oxygens (including phenoxy) is 1. The Morgan fingerprint density at radius 2 is 2.00 bits per heavy atom. The van der Waals surface area contributed by atoms with Crippen molar-refractivity contribution in [1.29, 1.82) is 0 Å². The van der Waals surface area contributed by atoms with Gasteiger partial charge >= 0.3 is 5.97 Å². The molecule has 0 atom stereocenters. The van der Waals surface area contributed by atoms with E-state index < -0.39 is 0 Å². The Bertz CT molecular complexity index is 551. The number of rotatable bonds is 2. The van der Waals surface area contributed by atoms with Gasteiger partial charge in [-0.1, -0.05) is 45.0 Å². The van der Waals surface area contributed by atoms with Crippen molar-refractivity contribution in [3.63, 3.8) is 0 Å². The minimum atomic E-state index is -0.321. The molecular weight excluding hydrogens is 260 g/mol. The lowest BCUT2D eigenvalue weighted by Gasteiger charge is -2.00. The summed E-state index contributed by atoms with van der Waals surface area (Å²) in [6, 6.07) is 7.27. The van der Waals surface area contributed by atoms with Crippen molar-refractivity contribution < 1.29 is 9.53 Å². The molecule has 5 heteroatoms. The number of hydrogen-bond donors (Lipinski definition) is 0. The first-order chi connectivity index (χ1) is 7.72. The molecule has 16 heavy (non-hydrogen) atoms. The normalized spacial score (nSPS) is 10.1. The molecule has 0 saturated heterocycles. The van der Waals surface area contributed by atoms with Crippen LogP contribution in [0.15, 0.2) is 29.6 Å². The van der Waals surface area contributed by atoms with Gasteiger partial charge in [0.15, 0.2) is 0 Å². The Kier molecular flexibility index (Phi) is 3.48. The van der Waals surface area contributed by atoms with Gasteiger partial charge in [0.1, 0.15) is 3.82 Å². The molecule has 0 aliphatic rings. The number of benzene rings is 1. The number of carbonyl (C=O) groups excluding carboxylic acids is 1. The van der Waals surface area contributed by atoms with Gasteiger partial charge in [-0.3, -0.25) is 0 Å². The van der Waals surface area contributed by atoms with Crippen molar-refractivity contribution in [2.45, 2.75) is 0 Å². The first-order valence-corrected chi connectivity index (χ1v) is 7.11. The summed E-state index contributed by atoms with van der Waals surface area (Å²) in [6.07, 6.45) is 0. The van der Waals surface area contributed by atoms with Crippen molar-refractivity contribution >= 4 is 38.9 Å². The summed E-state index contributed by atoms with van der Waals surface area (Å²) in [5, 5.41) is 2.03. The molecule has 0 unspecified atom stereocenters. The molecule has 0 amide bonds. The highest BCUT2D eigenvalue weighted by atomic mass is 32.9.